The lowest BCUT2D eigenvalue weighted by molar-refractivity contribution is -0.384. The smallest absolute Gasteiger partial charge is 0.269 e. The molecule has 1 aliphatic rings. The van der Waals surface area contributed by atoms with Gasteiger partial charge in [0.25, 0.3) is 5.69 Å². The fourth-order valence-electron chi connectivity index (χ4n) is 2.17. The van der Waals surface area contributed by atoms with Gasteiger partial charge in [-0.3, -0.25) is 10.1 Å². The minimum atomic E-state index is -0.414. The number of anilines is 3. The van der Waals surface area contributed by atoms with E-state index >= 15 is 0 Å². The van der Waals surface area contributed by atoms with Gasteiger partial charge in [-0.15, -0.1) is 0 Å². The highest BCUT2D eigenvalue weighted by Crippen LogP contribution is 2.40. The first-order valence-corrected chi connectivity index (χ1v) is 7.30. The third kappa shape index (κ3) is 3.30. The maximum atomic E-state index is 10.7. The number of nitrogens with zero attached hydrogens (tertiary/aromatic N) is 3. The predicted octanol–water partition coefficient (Wildman–Crippen LogP) is 3.44. The van der Waals surface area contributed by atoms with Crippen molar-refractivity contribution in [1.29, 1.82) is 0 Å². The van der Waals surface area contributed by atoms with Gasteiger partial charge in [-0.1, -0.05) is 0 Å². The summed E-state index contributed by atoms with van der Waals surface area (Å²) in [5, 5.41) is 17.0. The molecule has 3 rings (SSSR count). The molecule has 0 bridgehead atoms. The maximum absolute atomic E-state index is 10.7. The lowest BCUT2D eigenvalue weighted by Gasteiger charge is -2.10. The summed E-state index contributed by atoms with van der Waals surface area (Å²) < 4.78 is 0. The highest BCUT2D eigenvalue weighted by Gasteiger charge is 2.26. The standard InChI is InChI=1S/C15H17N5O2/c1-2-16-15-18-13(10-3-4-10)9-14(19-15)17-11-5-7-12(8-6-11)20(21)22/h5-10H,2-4H2,1H3,(H2,16,17,18,19). The lowest BCUT2D eigenvalue weighted by Crippen LogP contribution is -2.06. The van der Waals surface area contributed by atoms with Gasteiger partial charge in [0.2, 0.25) is 5.95 Å². The SMILES string of the molecule is CCNc1nc(Nc2ccc([N+](=O)[O-])cc2)cc(C2CC2)n1. The third-order valence-corrected chi connectivity index (χ3v) is 3.43. The van der Waals surface area contributed by atoms with Crippen LogP contribution in [0.5, 0.6) is 0 Å². The molecule has 1 aromatic heterocycles. The number of nitro benzene ring substituents is 1. The van der Waals surface area contributed by atoms with E-state index in [2.05, 4.69) is 20.6 Å². The Balaban J connectivity index is 1.82. The quantitative estimate of drug-likeness (QED) is 0.627. The van der Waals surface area contributed by atoms with Crippen molar-refractivity contribution in [3.63, 3.8) is 0 Å². The Bertz CT molecular complexity index is 683. The van der Waals surface area contributed by atoms with Crippen LogP contribution in [0.2, 0.25) is 0 Å². The van der Waals surface area contributed by atoms with Crippen molar-refractivity contribution in [2.24, 2.45) is 0 Å². The number of aromatic nitrogens is 2. The second-order valence-electron chi connectivity index (χ2n) is 5.24. The summed E-state index contributed by atoms with van der Waals surface area (Å²) in [6, 6.07) is 8.22. The predicted molar refractivity (Wildman–Crippen MR) is 84.5 cm³/mol. The summed E-state index contributed by atoms with van der Waals surface area (Å²) in [4.78, 5) is 19.2. The van der Waals surface area contributed by atoms with Crippen LogP contribution in [-0.4, -0.2) is 21.4 Å². The average molecular weight is 299 g/mol. The number of rotatable bonds is 6. The van der Waals surface area contributed by atoms with Gasteiger partial charge in [-0.25, -0.2) is 4.98 Å². The lowest BCUT2D eigenvalue weighted by atomic mass is 10.2. The third-order valence-electron chi connectivity index (χ3n) is 3.43. The second kappa shape index (κ2) is 5.97. The number of nitrogens with one attached hydrogen (secondary N) is 2. The van der Waals surface area contributed by atoms with Crippen molar-refractivity contribution in [2.45, 2.75) is 25.7 Å². The highest BCUT2D eigenvalue weighted by atomic mass is 16.6. The van der Waals surface area contributed by atoms with Crippen molar-refractivity contribution in [3.8, 4) is 0 Å². The summed E-state index contributed by atoms with van der Waals surface area (Å²) in [6.07, 6.45) is 2.33. The Labute approximate surface area is 127 Å². The summed E-state index contributed by atoms with van der Waals surface area (Å²) in [5.41, 5.74) is 1.86. The molecule has 0 spiro atoms. The van der Waals surface area contributed by atoms with E-state index in [0.717, 1.165) is 17.9 Å². The van der Waals surface area contributed by atoms with Crippen LogP contribution >= 0.6 is 0 Å². The van der Waals surface area contributed by atoms with Crippen molar-refractivity contribution in [1.82, 2.24) is 9.97 Å². The summed E-state index contributed by atoms with van der Waals surface area (Å²) in [5.74, 6) is 1.83. The molecule has 1 saturated carbocycles. The largest absolute Gasteiger partial charge is 0.354 e. The highest BCUT2D eigenvalue weighted by molar-refractivity contribution is 5.59. The molecule has 0 unspecified atom stereocenters. The zero-order valence-electron chi connectivity index (χ0n) is 12.2. The van der Waals surface area contributed by atoms with Gasteiger partial charge in [-0.2, -0.15) is 4.98 Å². The molecule has 0 saturated heterocycles. The topological polar surface area (TPSA) is 93.0 Å². The number of nitro groups is 1. The molecule has 0 aliphatic heterocycles. The van der Waals surface area contributed by atoms with Crippen molar-refractivity contribution in [2.75, 3.05) is 17.2 Å². The van der Waals surface area contributed by atoms with Gasteiger partial charge in [0.05, 0.1) is 10.6 Å². The van der Waals surface area contributed by atoms with Crippen LogP contribution in [0.1, 0.15) is 31.4 Å². The van der Waals surface area contributed by atoms with Gasteiger partial charge < -0.3 is 10.6 Å². The fourth-order valence-corrected chi connectivity index (χ4v) is 2.17. The molecule has 0 atom stereocenters. The van der Waals surface area contributed by atoms with Crippen LogP contribution in [0.25, 0.3) is 0 Å². The van der Waals surface area contributed by atoms with Crippen molar-refractivity contribution >= 4 is 23.1 Å². The fraction of sp³-hybridized carbons (Fsp3) is 0.333. The molecular formula is C15H17N5O2. The van der Waals surface area contributed by atoms with Crippen LogP contribution in [0.4, 0.5) is 23.1 Å². The van der Waals surface area contributed by atoms with Gasteiger partial charge in [0.1, 0.15) is 5.82 Å². The normalized spacial score (nSPS) is 13.7. The van der Waals surface area contributed by atoms with E-state index in [1.807, 2.05) is 13.0 Å². The summed E-state index contributed by atoms with van der Waals surface area (Å²) in [6.45, 7) is 2.75. The van der Waals surface area contributed by atoms with E-state index in [9.17, 15) is 10.1 Å². The van der Waals surface area contributed by atoms with Gasteiger partial charge in [-0.05, 0) is 31.9 Å². The van der Waals surface area contributed by atoms with Crippen LogP contribution < -0.4 is 10.6 Å². The summed E-state index contributed by atoms with van der Waals surface area (Å²) in [7, 11) is 0. The second-order valence-corrected chi connectivity index (χ2v) is 5.24. The number of hydrogen-bond donors (Lipinski definition) is 2. The van der Waals surface area contributed by atoms with E-state index in [1.54, 1.807) is 12.1 Å². The van der Waals surface area contributed by atoms with Crippen LogP contribution in [0.3, 0.4) is 0 Å². The average Bonchev–Trinajstić information content (AvgIpc) is 3.32. The molecular weight excluding hydrogens is 282 g/mol. The monoisotopic (exact) mass is 299 g/mol. The Hall–Kier alpha value is -2.70. The molecule has 1 fully saturated rings. The molecule has 1 aliphatic carbocycles. The van der Waals surface area contributed by atoms with E-state index < -0.39 is 4.92 Å². The van der Waals surface area contributed by atoms with E-state index in [0.29, 0.717) is 17.7 Å². The zero-order chi connectivity index (χ0) is 15.5. The van der Waals surface area contributed by atoms with Gasteiger partial charge in [0.15, 0.2) is 0 Å². The van der Waals surface area contributed by atoms with Gasteiger partial charge in [0, 0.05) is 36.3 Å². The zero-order valence-corrected chi connectivity index (χ0v) is 12.2. The molecule has 7 heteroatoms. The number of benzene rings is 1. The van der Waals surface area contributed by atoms with Crippen molar-refractivity contribution in [3.05, 3.63) is 46.1 Å². The molecule has 1 aromatic carbocycles. The van der Waals surface area contributed by atoms with Crippen LogP contribution in [0.15, 0.2) is 30.3 Å². The summed E-state index contributed by atoms with van der Waals surface area (Å²) >= 11 is 0. The van der Waals surface area contributed by atoms with Crippen LogP contribution in [-0.2, 0) is 0 Å². The molecule has 2 N–H and O–H groups in total. The van der Waals surface area contributed by atoms with E-state index in [-0.39, 0.29) is 5.69 Å². The molecule has 1 heterocycles. The Morgan fingerprint density at radius 1 is 1.27 bits per heavy atom. The molecule has 2 aromatic rings. The Morgan fingerprint density at radius 3 is 2.59 bits per heavy atom. The minimum absolute atomic E-state index is 0.0697. The van der Waals surface area contributed by atoms with E-state index in [1.165, 1.54) is 25.0 Å². The van der Waals surface area contributed by atoms with Crippen molar-refractivity contribution < 1.29 is 4.92 Å². The first-order valence-electron chi connectivity index (χ1n) is 7.30. The van der Waals surface area contributed by atoms with Gasteiger partial charge >= 0.3 is 0 Å². The molecule has 0 amide bonds. The Kier molecular flexibility index (Phi) is 3.86. The first kappa shape index (κ1) is 14.2. The Morgan fingerprint density at radius 2 is 2.00 bits per heavy atom. The molecule has 7 nitrogen and oxygen atoms in total. The number of hydrogen-bond acceptors (Lipinski definition) is 6. The minimum Gasteiger partial charge on any atom is -0.354 e. The first-order chi connectivity index (χ1) is 10.7. The molecule has 114 valence electrons. The number of non-ortho nitro benzene ring substituents is 1. The molecule has 0 radical (unpaired) electrons. The molecule has 22 heavy (non-hydrogen) atoms. The van der Waals surface area contributed by atoms with E-state index in [4.69, 9.17) is 0 Å². The van der Waals surface area contributed by atoms with Crippen LogP contribution in [0, 0.1) is 10.1 Å². The maximum Gasteiger partial charge on any atom is 0.269 e.